The van der Waals surface area contributed by atoms with Crippen molar-refractivity contribution in [3.05, 3.63) is 77.6 Å². The van der Waals surface area contributed by atoms with Crippen molar-refractivity contribution in [3.8, 4) is 16.9 Å². The molecule has 9 heteroatoms. The maximum Gasteiger partial charge on any atom is 0.335 e. The number of aryl methyl sites for hydroxylation is 1. The Bertz CT molecular complexity index is 1350. The van der Waals surface area contributed by atoms with Crippen LogP contribution in [0.2, 0.25) is 0 Å². The second-order valence-electron chi connectivity index (χ2n) is 7.40. The molecule has 33 heavy (non-hydrogen) atoms. The molecule has 0 atom stereocenters. The van der Waals surface area contributed by atoms with Crippen molar-refractivity contribution in [1.82, 2.24) is 0 Å². The Kier molecular flexibility index (Phi) is 5.61. The standard InChI is InChI=1S/C24H19FN4O4/c1-13-11-17(9-10-19(13)25)29-23(31)21(14(2)28-29)27-26-20-8-4-7-18(22(20)30)15-5-3-6-16(12-15)24(32)33/h3-12,26,30H,1-2H3,(H,32,33). The molecule has 1 heterocycles. The van der Waals surface area contributed by atoms with Gasteiger partial charge in [-0.05, 0) is 61.4 Å². The molecule has 3 aromatic rings. The summed E-state index contributed by atoms with van der Waals surface area (Å²) in [5, 5.41) is 29.4. The molecule has 0 aliphatic carbocycles. The minimum absolute atomic E-state index is 0.0367. The summed E-state index contributed by atoms with van der Waals surface area (Å²) in [5.74, 6) is -2.12. The summed E-state index contributed by atoms with van der Waals surface area (Å²) in [6.45, 7) is 3.21. The Hall–Kier alpha value is -4.53. The number of carbonyl (C=O) groups excluding carboxylic acids is 1. The van der Waals surface area contributed by atoms with E-state index in [2.05, 4.69) is 15.6 Å². The first kappa shape index (κ1) is 21.7. The van der Waals surface area contributed by atoms with Crippen LogP contribution in [0.1, 0.15) is 22.8 Å². The average Bonchev–Trinajstić information content (AvgIpc) is 3.08. The summed E-state index contributed by atoms with van der Waals surface area (Å²) in [6, 6.07) is 15.3. The number of carboxylic acids is 1. The topological polar surface area (TPSA) is 115 Å². The maximum atomic E-state index is 13.6. The number of benzene rings is 3. The van der Waals surface area contributed by atoms with Crippen molar-refractivity contribution in [2.24, 2.45) is 10.2 Å². The number of amides is 1. The number of phenolic OH excluding ortho intramolecular Hbond substituents is 1. The van der Waals surface area contributed by atoms with Crippen LogP contribution in [0.15, 0.2) is 70.9 Å². The summed E-state index contributed by atoms with van der Waals surface area (Å²) < 4.78 is 13.6. The van der Waals surface area contributed by atoms with Gasteiger partial charge >= 0.3 is 11.9 Å². The molecule has 1 aliphatic heterocycles. The fourth-order valence-corrected chi connectivity index (χ4v) is 3.36. The summed E-state index contributed by atoms with van der Waals surface area (Å²) in [7, 11) is 0. The number of rotatable bonds is 5. The molecule has 1 amide bonds. The largest absolute Gasteiger partial charge is 0.505 e. The van der Waals surface area contributed by atoms with Crippen molar-refractivity contribution in [1.29, 1.82) is 0 Å². The predicted octanol–water partition coefficient (Wildman–Crippen LogP) is 4.40. The zero-order chi connectivity index (χ0) is 23.7. The van der Waals surface area contributed by atoms with E-state index in [1.807, 2.05) is 0 Å². The SMILES string of the molecule is CC1=NN(c2ccc(F)c(C)c2)C(=O)C1=NNc1cccc(-c2cccc(C(=O)O)c2)c1O. The molecule has 166 valence electrons. The number of hydrazone groups is 2. The lowest BCUT2D eigenvalue weighted by molar-refractivity contribution is -0.112. The van der Waals surface area contributed by atoms with Crippen molar-refractivity contribution in [2.45, 2.75) is 13.8 Å². The highest BCUT2D eigenvalue weighted by Gasteiger charge is 2.31. The number of anilines is 2. The third-order valence-corrected chi connectivity index (χ3v) is 5.12. The van der Waals surface area contributed by atoms with E-state index in [1.54, 1.807) is 44.2 Å². The molecule has 0 spiro atoms. The molecule has 0 aromatic heterocycles. The van der Waals surface area contributed by atoms with Gasteiger partial charge in [-0.15, -0.1) is 0 Å². The Morgan fingerprint density at radius 2 is 1.85 bits per heavy atom. The van der Waals surface area contributed by atoms with Gasteiger partial charge in [-0.25, -0.2) is 9.18 Å². The van der Waals surface area contributed by atoms with Gasteiger partial charge in [0, 0.05) is 5.56 Å². The van der Waals surface area contributed by atoms with Gasteiger partial charge in [-0.1, -0.05) is 24.3 Å². The van der Waals surface area contributed by atoms with Crippen LogP contribution in [-0.4, -0.2) is 33.5 Å². The molecule has 4 rings (SSSR count). The highest BCUT2D eigenvalue weighted by atomic mass is 19.1. The van der Waals surface area contributed by atoms with Crippen LogP contribution < -0.4 is 10.4 Å². The summed E-state index contributed by atoms with van der Waals surface area (Å²) >= 11 is 0. The van der Waals surface area contributed by atoms with Crippen molar-refractivity contribution >= 4 is 34.7 Å². The molecule has 1 aliphatic rings. The highest BCUT2D eigenvalue weighted by molar-refractivity contribution is 6.71. The first-order valence-electron chi connectivity index (χ1n) is 9.92. The monoisotopic (exact) mass is 446 g/mol. The van der Waals surface area contributed by atoms with Crippen molar-refractivity contribution in [3.63, 3.8) is 0 Å². The first-order chi connectivity index (χ1) is 15.8. The van der Waals surface area contributed by atoms with Gasteiger partial charge in [0.2, 0.25) is 0 Å². The number of nitrogens with zero attached hydrogens (tertiary/aromatic N) is 3. The number of aromatic hydroxyl groups is 1. The van der Waals surface area contributed by atoms with E-state index in [9.17, 15) is 24.2 Å². The number of hydrogen-bond donors (Lipinski definition) is 3. The summed E-state index contributed by atoms with van der Waals surface area (Å²) in [6.07, 6.45) is 0. The zero-order valence-electron chi connectivity index (χ0n) is 17.7. The minimum atomic E-state index is -1.08. The Balaban J connectivity index is 1.61. The van der Waals surface area contributed by atoms with Crippen LogP contribution in [0.25, 0.3) is 11.1 Å². The fourth-order valence-electron chi connectivity index (χ4n) is 3.36. The molecule has 0 unspecified atom stereocenters. The summed E-state index contributed by atoms with van der Waals surface area (Å²) in [5.41, 5.74) is 5.08. The Labute approximate surface area is 188 Å². The van der Waals surface area contributed by atoms with E-state index >= 15 is 0 Å². The second kappa shape index (κ2) is 8.54. The van der Waals surface area contributed by atoms with Gasteiger partial charge in [-0.2, -0.15) is 15.2 Å². The summed E-state index contributed by atoms with van der Waals surface area (Å²) in [4.78, 5) is 24.1. The van der Waals surface area contributed by atoms with Crippen LogP contribution in [-0.2, 0) is 4.79 Å². The molecule has 0 saturated heterocycles. The number of phenols is 1. The quantitative estimate of drug-likeness (QED) is 0.397. The van der Waals surface area contributed by atoms with E-state index in [1.165, 1.54) is 30.3 Å². The fraction of sp³-hybridized carbons (Fsp3) is 0.0833. The van der Waals surface area contributed by atoms with E-state index in [4.69, 9.17) is 0 Å². The van der Waals surface area contributed by atoms with E-state index < -0.39 is 11.9 Å². The number of hydrogen-bond acceptors (Lipinski definition) is 6. The van der Waals surface area contributed by atoms with Crippen molar-refractivity contribution < 1.29 is 24.2 Å². The van der Waals surface area contributed by atoms with Gasteiger partial charge in [0.25, 0.3) is 0 Å². The molecular formula is C24H19FN4O4. The molecule has 3 N–H and O–H groups in total. The minimum Gasteiger partial charge on any atom is -0.505 e. The second-order valence-corrected chi connectivity index (χ2v) is 7.40. The average molecular weight is 446 g/mol. The van der Waals surface area contributed by atoms with Crippen LogP contribution in [0.3, 0.4) is 0 Å². The number of aromatic carboxylic acids is 1. The third-order valence-electron chi connectivity index (χ3n) is 5.12. The van der Waals surface area contributed by atoms with E-state index in [0.29, 0.717) is 28.1 Å². The van der Waals surface area contributed by atoms with Gasteiger partial charge in [0.05, 0.1) is 22.6 Å². The predicted molar refractivity (Wildman–Crippen MR) is 123 cm³/mol. The van der Waals surface area contributed by atoms with Gasteiger partial charge in [0.15, 0.2) is 5.71 Å². The number of nitrogens with one attached hydrogen (secondary N) is 1. The zero-order valence-corrected chi connectivity index (χ0v) is 17.7. The van der Waals surface area contributed by atoms with Gasteiger partial charge in [-0.3, -0.25) is 10.2 Å². The normalized spacial score (nSPS) is 14.5. The molecule has 0 saturated carbocycles. The molecule has 0 fully saturated rings. The molecule has 3 aromatic carbocycles. The number of para-hydroxylation sites is 1. The van der Waals surface area contributed by atoms with Crippen LogP contribution in [0, 0.1) is 12.7 Å². The number of carboxylic acid groups (broad SMARTS) is 1. The van der Waals surface area contributed by atoms with E-state index in [0.717, 1.165) is 5.01 Å². The van der Waals surface area contributed by atoms with Crippen LogP contribution >= 0.6 is 0 Å². The third kappa shape index (κ3) is 4.16. The first-order valence-corrected chi connectivity index (χ1v) is 9.92. The van der Waals surface area contributed by atoms with Crippen LogP contribution in [0.5, 0.6) is 5.75 Å². The van der Waals surface area contributed by atoms with Gasteiger partial charge in [0.1, 0.15) is 11.6 Å². The van der Waals surface area contributed by atoms with Crippen molar-refractivity contribution in [2.75, 3.05) is 10.4 Å². The molecule has 0 bridgehead atoms. The lowest BCUT2D eigenvalue weighted by Crippen LogP contribution is -2.28. The highest BCUT2D eigenvalue weighted by Crippen LogP contribution is 2.36. The lowest BCUT2D eigenvalue weighted by atomic mass is 10.0. The van der Waals surface area contributed by atoms with Crippen LogP contribution in [0.4, 0.5) is 15.8 Å². The molecule has 8 nitrogen and oxygen atoms in total. The molecule has 0 radical (unpaired) electrons. The van der Waals surface area contributed by atoms with E-state index in [-0.39, 0.29) is 28.5 Å². The number of carbonyl (C=O) groups is 2. The smallest absolute Gasteiger partial charge is 0.335 e. The Morgan fingerprint density at radius 1 is 1.09 bits per heavy atom. The maximum absolute atomic E-state index is 13.6. The Morgan fingerprint density at radius 3 is 2.58 bits per heavy atom. The van der Waals surface area contributed by atoms with Gasteiger partial charge < -0.3 is 10.2 Å². The number of halogens is 1. The molecular weight excluding hydrogens is 427 g/mol. The lowest BCUT2D eigenvalue weighted by Gasteiger charge is -2.12.